The van der Waals surface area contributed by atoms with E-state index < -0.39 is 15.7 Å². The van der Waals surface area contributed by atoms with Gasteiger partial charge in [-0.3, -0.25) is 13.9 Å². The van der Waals surface area contributed by atoms with Crippen molar-refractivity contribution in [3.63, 3.8) is 0 Å². The summed E-state index contributed by atoms with van der Waals surface area (Å²) in [5.74, 6) is 0.431. The fraction of sp³-hybridized carbons (Fsp3) is 0.231. The summed E-state index contributed by atoms with van der Waals surface area (Å²) in [6.45, 7) is 5.48. The van der Waals surface area contributed by atoms with Crippen molar-refractivity contribution in [2.75, 3.05) is 23.0 Å². The van der Waals surface area contributed by atoms with Gasteiger partial charge in [-0.1, -0.05) is 35.9 Å². The predicted molar refractivity (Wildman–Crippen MR) is 139 cm³/mol. The number of carbonyl (C=O) groups is 1. The van der Waals surface area contributed by atoms with Crippen LogP contribution >= 0.6 is 12.2 Å². The fourth-order valence-electron chi connectivity index (χ4n) is 3.80. The lowest BCUT2D eigenvalue weighted by Gasteiger charge is -2.29. The number of para-hydroxylation sites is 1. The fourth-order valence-corrected chi connectivity index (χ4v) is 5.22. The summed E-state index contributed by atoms with van der Waals surface area (Å²) in [5, 5.41) is 0.398. The van der Waals surface area contributed by atoms with Gasteiger partial charge in [0.05, 0.1) is 10.6 Å². The third kappa shape index (κ3) is 5.07. The van der Waals surface area contributed by atoms with Crippen LogP contribution in [-0.2, 0) is 19.1 Å². The van der Waals surface area contributed by atoms with Crippen LogP contribution in [0.15, 0.2) is 83.8 Å². The van der Waals surface area contributed by atoms with Crippen LogP contribution in [0, 0.1) is 6.92 Å². The summed E-state index contributed by atoms with van der Waals surface area (Å²) >= 11 is 5.68. The Morgan fingerprint density at radius 1 is 0.857 bits per heavy atom. The summed E-state index contributed by atoms with van der Waals surface area (Å²) in [5.41, 5.74) is 1.56. The molecule has 0 spiro atoms. The van der Waals surface area contributed by atoms with Gasteiger partial charge in [0.2, 0.25) is 0 Å². The first kappa shape index (κ1) is 24.8. The van der Waals surface area contributed by atoms with Crippen molar-refractivity contribution < 1.29 is 22.1 Å². The predicted octanol–water partition coefficient (Wildman–Crippen LogP) is 4.70. The largest absolute Gasteiger partial charge is 0.491 e. The highest BCUT2D eigenvalue weighted by Crippen LogP contribution is 2.36. The minimum Gasteiger partial charge on any atom is -0.491 e. The summed E-state index contributed by atoms with van der Waals surface area (Å²) in [7, 11) is -3.84. The minimum atomic E-state index is -3.84. The zero-order valence-corrected chi connectivity index (χ0v) is 21.3. The Morgan fingerprint density at radius 3 is 2.11 bits per heavy atom. The standard InChI is InChI=1S/C26H26N2O5S2/c1-19-9-15-23(16-10-19)35(30,31)33-18-17-32-22-13-11-21(12-14-22)28-25(34)27(24(29)26(28,2)3)20-7-5-4-6-8-20/h4-16H,17-18H2,1-3H3. The third-order valence-electron chi connectivity index (χ3n) is 5.68. The van der Waals surface area contributed by atoms with Crippen LogP contribution in [0.4, 0.5) is 11.4 Å². The van der Waals surface area contributed by atoms with Gasteiger partial charge in [0, 0.05) is 5.69 Å². The lowest BCUT2D eigenvalue weighted by molar-refractivity contribution is -0.120. The maximum absolute atomic E-state index is 13.2. The Balaban J connectivity index is 1.39. The number of benzene rings is 3. The first-order chi connectivity index (χ1) is 16.6. The molecule has 0 bridgehead atoms. The summed E-state index contributed by atoms with van der Waals surface area (Å²) in [4.78, 5) is 16.6. The number of amides is 1. The highest BCUT2D eigenvalue weighted by atomic mass is 32.2. The number of rotatable bonds is 8. The Kier molecular flexibility index (Phi) is 6.93. The SMILES string of the molecule is Cc1ccc(S(=O)(=O)OCCOc2ccc(N3C(=S)N(c4ccccc4)C(=O)C3(C)C)cc2)cc1. The monoisotopic (exact) mass is 510 g/mol. The van der Waals surface area contributed by atoms with Gasteiger partial charge < -0.3 is 9.64 Å². The molecule has 0 atom stereocenters. The van der Waals surface area contributed by atoms with E-state index in [1.807, 2.05) is 68.1 Å². The number of nitrogens with zero attached hydrogens (tertiary/aromatic N) is 2. The highest BCUT2D eigenvalue weighted by molar-refractivity contribution is 7.86. The van der Waals surface area contributed by atoms with Crippen molar-refractivity contribution in [1.82, 2.24) is 0 Å². The highest BCUT2D eigenvalue weighted by Gasteiger charge is 2.50. The summed E-state index contributed by atoms with van der Waals surface area (Å²) < 4.78 is 35.2. The average molecular weight is 511 g/mol. The van der Waals surface area contributed by atoms with E-state index in [1.54, 1.807) is 29.2 Å². The van der Waals surface area contributed by atoms with E-state index in [2.05, 4.69) is 0 Å². The molecule has 0 saturated carbocycles. The number of carbonyl (C=O) groups excluding carboxylic acids is 1. The molecule has 1 amide bonds. The molecule has 4 rings (SSSR count). The van der Waals surface area contributed by atoms with Gasteiger partial charge in [-0.15, -0.1) is 0 Å². The van der Waals surface area contributed by atoms with E-state index in [-0.39, 0.29) is 24.0 Å². The van der Waals surface area contributed by atoms with Crippen LogP contribution in [0.1, 0.15) is 19.4 Å². The van der Waals surface area contributed by atoms with Gasteiger partial charge in [-0.05, 0) is 81.5 Å². The average Bonchev–Trinajstić information content (AvgIpc) is 3.01. The molecular weight excluding hydrogens is 484 g/mol. The Hall–Kier alpha value is -3.27. The van der Waals surface area contributed by atoms with Crippen LogP contribution < -0.4 is 14.5 Å². The second-order valence-electron chi connectivity index (χ2n) is 8.58. The summed E-state index contributed by atoms with van der Waals surface area (Å²) in [6, 6.07) is 22.9. The molecule has 0 N–H and O–H groups in total. The van der Waals surface area contributed by atoms with Gasteiger partial charge >= 0.3 is 0 Å². The first-order valence-corrected chi connectivity index (χ1v) is 12.9. The number of anilines is 2. The van der Waals surface area contributed by atoms with Gasteiger partial charge in [-0.25, -0.2) is 0 Å². The molecule has 9 heteroatoms. The van der Waals surface area contributed by atoms with Gasteiger partial charge in [0.25, 0.3) is 16.0 Å². The van der Waals surface area contributed by atoms with Gasteiger partial charge in [0.1, 0.15) is 24.5 Å². The smallest absolute Gasteiger partial charge is 0.297 e. The van der Waals surface area contributed by atoms with Crippen molar-refractivity contribution in [1.29, 1.82) is 0 Å². The Bertz CT molecular complexity index is 1320. The zero-order chi connectivity index (χ0) is 25.2. The van der Waals surface area contributed by atoms with Crippen molar-refractivity contribution in [3.8, 4) is 5.75 Å². The molecular formula is C26H26N2O5S2. The normalized spacial score (nSPS) is 15.5. The Labute approximate surface area is 211 Å². The molecule has 7 nitrogen and oxygen atoms in total. The first-order valence-electron chi connectivity index (χ1n) is 11.0. The third-order valence-corrected chi connectivity index (χ3v) is 7.37. The van der Waals surface area contributed by atoms with E-state index in [0.29, 0.717) is 10.9 Å². The molecule has 0 aromatic heterocycles. The number of hydrogen-bond donors (Lipinski definition) is 0. The molecule has 0 aliphatic carbocycles. The Morgan fingerprint density at radius 2 is 1.49 bits per heavy atom. The maximum Gasteiger partial charge on any atom is 0.297 e. The molecule has 182 valence electrons. The second kappa shape index (κ2) is 9.77. The molecule has 1 saturated heterocycles. The lowest BCUT2D eigenvalue weighted by atomic mass is 10.0. The molecule has 1 fully saturated rings. The lowest BCUT2D eigenvalue weighted by Crippen LogP contribution is -2.44. The van der Waals surface area contributed by atoms with Crippen LogP contribution in [0.5, 0.6) is 5.75 Å². The van der Waals surface area contributed by atoms with Gasteiger partial charge in [-0.2, -0.15) is 8.42 Å². The number of thiocarbonyl (C=S) groups is 1. The molecule has 1 aliphatic rings. The molecule has 1 heterocycles. The van der Waals surface area contributed by atoms with Gasteiger partial charge in [0.15, 0.2) is 5.11 Å². The summed E-state index contributed by atoms with van der Waals surface area (Å²) in [6.07, 6.45) is 0. The van der Waals surface area contributed by atoms with Crippen LogP contribution in [0.2, 0.25) is 0 Å². The second-order valence-corrected chi connectivity index (χ2v) is 10.6. The molecule has 35 heavy (non-hydrogen) atoms. The minimum absolute atomic E-state index is 0.0539. The molecule has 0 radical (unpaired) electrons. The van der Waals surface area contributed by atoms with Crippen molar-refractivity contribution in [2.24, 2.45) is 0 Å². The topological polar surface area (TPSA) is 76.2 Å². The van der Waals surface area contributed by atoms with Crippen LogP contribution in [0.25, 0.3) is 0 Å². The van der Waals surface area contributed by atoms with E-state index >= 15 is 0 Å². The van der Waals surface area contributed by atoms with Crippen molar-refractivity contribution >= 4 is 44.7 Å². The van der Waals surface area contributed by atoms with Crippen molar-refractivity contribution in [2.45, 2.75) is 31.2 Å². The van der Waals surface area contributed by atoms with Crippen molar-refractivity contribution in [3.05, 3.63) is 84.4 Å². The number of hydrogen-bond acceptors (Lipinski definition) is 6. The molecule has 3 aromatic rings. The van der Waals surface area contributed by atoms with E-state index in [1.165, 1.54) is 12.1 Å². The molecule has 1 aliphatic heterocycles. The molecule has 0 unspecified atom stereocenters. The number of ether oxygens (including phenoxy) is 1. The quantitative estimate of drug-likeness (QED) is 0.247. The maximum atomic E-state index is 13.2. The van der Waals surface area contributed by atoms with E-state index in [9.17, 15) is 13.2 Å². The van der Waals surface area contributed by atoms with E-state index in [4.69, 9.17) is 21.1 Å². The molecule has 3 aromatic carbocycles. The number of aryl methyl sites for hydroxylation is 1. The van der Waals surface area contributed by atoms with E-state index in [0.717, 1.165) is 16.9 Å². The van der Waals surface area contributed by atoms with Crippen LogP contribution in [-0.4, -0.2) is 38.2 Å². The van der Waals surface area contributed by atoms with Crippen LogP contribution in [0.3, 0.4) is 0 Å². The zero-order valence-electron chi connectivity index (χ0n) is 19.7.